The topological polar surface area (TPSA) is 38.3 Å². The van der Waals surface area contributed by atoms with Crippen molar-refractivity contribution < 1.29 is 9.53 Å². The molecule has 0 fully saturated rings. The lowest BCUT2D eigenvalue weighted by Gasteiger charge is -2.40. The number of allylic oxidation sites excluding steroid dienone is 1. The number of ether oxygens (including phenoxy) is 1. The van der Waals surface area contributed by atoms with Crippen LogP contribution in [-0.4, -0.2) is 5.78 Å². The van der Waals surface area contributed by atoms with Gasteiger partial charge in [-0.05, 0) is 58.5 Å². The lowest BCUT2D eigenvalue weighted by molar-refractivity contribution is -0.118. The second-order valence-electron chi connectivity index (χ2n) is 11.0. The van der Waals surface area contributed by atoms with Crippen LogP contribution in [0.15, 0.2) is 72.3 Å². The molecule has 39 heavy (non-hydrogen) atoms. The minimum Gasteiger partial charge on any atom is -0.487 e. The van der Waals surface area contributed by atoms with Crippen molar-refractivity contribution in [3.63, 3.8) is 0 Å². The van der Waals surface area contributed by atoms with Crippen molar-refractivity contribution in [2.24, 2.45) is 5.41 Å². The first-order chi connectivity index (χ1) is 18.6. The number of rotatable bonds is 4. The smallest absolute Gasteiger partial charge is 0.162 e. The Morgan fingerprint density at radius 3 is 2.46 bits per heavy atom. The number of halogens is 4. The summed E-state index contributed by atoms with van der Waals surface area (Å²) >= 11 is 25.7. The summed E-state index contributed by atoms with van der Waals surface area (Å²) in [5, 5.41) is 7.78. The summed E-state index contributed by atoms with van der Waals surface area (Å²) in [6, 6.07) is 20.7. The van der Waals surface area contributed by atoms with Gasteiger partial charge in [0.2, 0.25) is 0 Å². The molecule has 6 rings (SSSR count). The quantitative estimate of drug-likeness (QED) is 0.255. The summed E-state index contributed by atoms with van der Waals surface area (Å²) < 4.78 is 6.31. The van der Waals surface area contributed by atoms with Gasteiger partial charge in [-0.25, -0.2) is 0 Å². The predicted octanol–water partition coefficient (Wildman–Crippen LogP) is 10.3. The van der Waals surface area contributed by atoms with Gasteiger partial charge in [-0.2, -0.15) is 0 Å². The number of carbonyl (C=O) groups is 1. The zero-order valence-corrected chi connectivity index (χ0v) is 24.4. The van der Waals surface area contributed by atoms with Crippen molar-refractivity contribution in [2.75, 3.05) is 5.32 Å². The molecular formula is C32H25Cl4NO2. The third kappa shape index (κ3) is 4.91. The van der Waals surface area contributed by atoms with Gasteiger partial charge in [0.25, 0.3) is 0 Å². The average molecular weight is 597 g/mol. The first-order valence-electron chi connectivity index (χ1n) is 12.7. The normalized spacial score (nSPS) is 18.0. The second kappa shape index (κ2) is 10.1. The van der Waals surface area contributed by atoms with Crippen LogP contribution in [0, 0.1) is 5.41 Å². The minimum atomic E-state index is -0.482. The number of carbonyl (C=O) groups excluding carboxylic acids is 1. The first-order valence-corrected chi connectivity index (χ1v) is 14.2. The molecule has 0 radical (unpaired) electrons. The van der Waals surface area contributed by atoms with Gasteiger partial charge in [-0.3, -0.25) is 4.79 Å². The van der Waals surface area contributed by atoms with Crippen molar-refractivity contribution in [1.29, 1.82) is 0 Å². The van der Waals surface area contributed by atoms with E-state index < -0.39 is 6.04 Å². The third-order valence-electron chi connectivity index (χ3n) is 7.47. The fourth-order valence-electron chi connectivity index (χ4n) is 5.81. The maximum absolute atomic E-state index is 13.9. The Kier molecular flexibility index (Phi) is 6.84. The van der Waals surface area contributed by atoms with E-state index in [1.54, 1.807) is 18.2 Å². The average Bonchev–Trinajstić information content (AvgIpc) is 2.87. The maximum Gasteiger partial charge on any atom is 0.162 e. The zero-order chi connectivity index (χ0) is 27.5. The van der Waals surface area contributed by atoms with Crippen LogP contribution in [0.25, 0.3) is 16.3 Å². The van der Waals surface area contributed by atoms with E-state index in [1.807, 2.05) is 24.3 Å². The Bertz CT molecular complexity index is 1690. The molecule has 4 aromatic carbocycles. The van der Waals surface area contributed by atoms with Gasteiger partial charge in [-0.1, -0.05) is 96.6 Å². The fraction of sp³-hybridized carbons (Fsp3) is 0.219. The lowest BCUT2D eigenvalue weighted by Crippen LogP contribution is -2.33. The van der Waals surface area contributed by atoms with Crippen LogP contribution in [0.4, 0.5) is 5.69 Å². The van der Waals surface area contributed by atoms with E-state index in [9.17, 15) is 4.79 Å². The van der Waals surface area contributed by atoms with Crippen LogP contribution in [-0.2, 0) is 11.4 Å². The summed E-state index contributed by atoms with van der Waals surface area (Å²) in [4.78, 5) is 13.9. The molecule has 1 aliphatic heterocycles. The molecule has 1 aliphatic carbocycles. The molecule has 0 amide bonds. The molecule has 0 aromatic heterocycles. The van der Waals surface area contributed by atoms with Crippen LogP contribution in [0.2, 0.25) is 20.1 Å². The molecular weight excluding hydrogens is 572 g/mol. The van der Waals surface area contributed by atoms with Gasteiger partial charge >= 0.3 is 0 Å². The van der Waals surface area contributed by atoms with E-state index in [0.717, 1.165) is 45.2 Å². The molecule has 3 nitrogen and oxygen atoms in total. The van der Waals surface area contributed by atoms with E-state index in [0.29, 0.717) is 37.8 Å². The predicted molar refractivity (Wildman–Crippen MR) is 163 cm³/mol. The van der Waals surface area contributed by atoms with Gasteiger partial charge in [0.1, 0.15) is 12.4 Å². The standard InChI is InChI=1S/C32H25Cl4NO2/c1-32(2)14-23-28-21-6-4-3-5-17(21)8-10-26(28)37-30(29(23)27(38)15-32)22-11-20(34)13-25(36)31(22)39-16-18-7-9-19(33)12-24(18)35/h3-13,30,37H,14-16H2,1-2H3/t30-/m1/s1. The SMILES string of the molecule is CC1(C)CC(=O)C2=C(C1)c1c(ccc3ccccc13)N[C@@H]2c1cc(Cl)cc(Cl)c1OCc1ccc(Cl)cc1Cl. The Morgan fingerprint density at radius 2 is 1.67 bits per heavy atom. The minimum absolute atomic E-state index is 0.111. The monoisotopic (exact) mass is 595 g/mol. The highest BCUT2D eigenvalue weighted by atomic mass is 35.5. The Balaban J connectivity index is 1.52. The van der Waals surface area contributed by atoms with Crippen LogP contribution in [0.3, 0.4) is 0 Å². The van der Waals surface area contributed by atoms with Crippen LogP contribution in [0.5, 0.6) is 5.75 Å². The van der Waals surface area contributed by atoms with E-state index in [2.05, 4.69) is 43.4 Å². The molecule has 0 bridgehead atoms. The van der Waals surface area contributed by atoms with Crippen molar-refractivity contribution in [1.82, 2.24) is 0 Å². The van der Waals surface area contributed by atoms with E-state index in [-0.39, 0.29) is 17.8 Å². The molecule has 0 unspecified atom stereocenters. The molecule has 0 saturated carbocycles. The number of Topliss-reactive ketones (excluding diaryl/α,β-unsaturated/α-hetero) is 1. The number of anilines is 1. The number of nitrogens with one attached hydrogen (secondary N) is 1. The lowest BCUT2D eigenvalue weighted by atomic mass is 9.68. The summed E-state index contributed by atoms with van der Waals surface area (Å²) in [5.41, 5.74) is 5.16. The third-order valence-corrected chi connectivity index (χ3v) is 8.56. The number of hydrogen-bond acceptors (Lipinski definition) is 3. The number of ketones is 1. The van der Waals surface area contributed by atoms with E-state index in [4.69, 9.17) is 51.1 Å². The molecule has 198 valence electrons. The Morgan fingerprint density at radius 1 is 0.897 bits per heavy atom. The molecule has 2 aliphatic rings. The van der Waals surface area contributed by atoms with E-state index >= 15 is 0 Å². The molecule has 0 spiro atoms. The van der Waals surface area contributed by atoms with Gasteiger partial charge < -0.3 is 10.1 Å². The fourth-order valence-corrected chi connectivity index (χ4v) is 6.83. The number of hydrogen-bond donors (Lipinski definition) is 1. The van der Waals surface area contributed by atoms with Crippen LogP contribution >= 0.6 is 46.4 Å². The Labute approximate surface area is 247 Å². The summed E-state index contributed by atoms with van der Waals surface area (Å²) in [7, 11) is 0. The molecule has 7 heteroatoms. The van der Waals surface area contributed by atoms with Crippen LogP contribution in [0.1, 0.15) is 49.4 Å². The highest BCUT2D eigenvalue weighted by molar-refractivity contribution is 6.36. The summed E-state index contributed by atoms with van der Waals surface area (Å²) in [6.07, 6.45) is 1.23. The molecule has 4 aromatic rings. The molecule has 1 N–H and O–H groups in total. The molecule has 1 atom stereocenters. The molecule has 0 saturated heterocycles. The van der Waals surface area contributed by atoms with Gasteiger partial charge in [-0.15, -0.1) is 0 Å². The van der Waals surface area contributed by atoms with Gasteiger partial charge in [0.15, 0.2) is 5.78 Å². The summed E-state index contributed by atoms with van der Waals surface area (Å²) in [6.45, 7) is 4.47. The van der Waals surface area contributed by atoms with Crippen molar-refractivity contribution in [3.05, 3.63) is 109 Å². The second-order valence-corrected chi connectivity index (χ2v) is 12.6. The van der Waals surface area contributed by atoms with Gasteiger partial charge in [0.05, 0.1) is 11.1 Å². The largest absolute Gasteiger partial charge is 0.487 e. The highest BCUT2D eigenvalue weighted by Crippen LogP contribution is 2.53. The van der Waals surface area contributed by atoms with Crippen molar-refractivity contribution in [3.8, 4) is 5.75 Å². The highest BCUT2D eigenvalue weighted by Gasteiger charge is 2.42. The van der Waals surface area contributed by atoms with E-state index in [1.165, 1.54) is 0 Å². The maximum atomic E-state index is 13.9. The first kappa shape index (κ1) is 26.5. The number of benzene rings is 4. The zero-order valence-electron chi connectivity index (χ0n) is 21.4. The van der Waals surface area contributed by atoms with Crippen molar-refractivity contribution in [2.45, 2.75) is 39.3 Å². The Hall–Kier alpha value is -2.69. The van der Waals surface area contributed by atoms with Crippen LogP contribution < -0.4 is 10.1 Å². The number of fused-ring (bicyclic) bond motifs is 4. The van der Waals surface area contributed by atoms with Crippen molar-refractivity contribution >= 4 is 74.2 Å². The molecule has 1 heterocycles. The summed E-state index contributed by atoms with van der Waals surface area (Å²) in [5.74, 6) is 0.568. The van der Waals surface area contributed by atoms with Gasteiger partial charge in [0, 0.05) is 49.4 Å².